The molecule has 2 aromatic rings. The third-order valence-corrected chi connectivity index (χ3v) is 6.30. The van der Waals surface area contributed by atoms with Crippen LogP contribution in [0, 0.1) is 11.7 Å². The lowest BCUT2D eigenvalue weighted by Crippen LogP contribution is -2.53. The van der Waals surface area contributed by atoms with Crippen LogP contribution in [0.25, 0.3) is 0 Å². The summed E-state index contributed by atoms with van der Waals surface area (Å²) in [7, 11) is 1.78. The maximum Gasteiger partial charge on any atom is 0.242 e. The molecule has 2 aliphatic rings. The Balaban J connectivity index is 1.52. The highest BCUT2D eigenvalue weighted by molar-refractivity contribution is 6.30. The van der Waals surface area contributed by atoms with Gasteiger partial charge in [-0.15, -0.1) is 0 Å². The summed E-state index contributed by atoms with van der Waals surface area (Å²) in [5.41, 5.74) is 1.71. The maximum absolute atomic E-state index is 13.8. The van der Waals surface area contributed by atoms with E-state index in [9.17, 15) is 14.0 Å². The molecule has 2 aliphatic heterocycles. The van der Waals surface area contributed by atoms with E-state index in [0.717, 1.165) is 17.7 Å². The molecule has 2 fully saturated rings. The van der Waals surface area contributed by atoms with E-state index in [0.29, 0.717) is 26.1 Å². The molecule has 0 saturated carbocycles. The molecule has 1 aromatic carbocycles. The summed E-state index contributed by atoms with van der Waals surface area (Å²) in [4.78, 5) is 35.7. The van der Waals surface area contributed by atoms with Crippen molar-refractivity contribution >= 4 is 23.4 Å². The van der Waals surface area contributed by atoms with E-state index in [4.69, 9.17) is 11.6 Å². The maximum atomic E-state index is 13.8. The monoisotopic (exact) mass is 430 g/mol. The fourth-order valence-electron chi connectivity index (χ4n) is 4.37. The minimum absolute atomic E-state index is 0.0199. The van der Waals surface area contributed by atoms with Gasteiger partial charge in [-0.3, -0.25) is 19.5 Å². The van der Waals surface area contributed by atoms with Crippen LogP contribution in [0.5, 0.6) is 0 Å². The molecule has 0 unspecified atom stereocenters. The molecule has 30 heavy (non-hydrogen) atoms. The zero-order chi connectivity index (χ0) is 21.3. The van der Waals surface area contributed by atoms with Gasteiger partial charge in [0, 0.05) is 51.7 Å². The standard InChI is InChI=1S/C22H24ClFN4O2/c1-26-20-6-8-27(11-15-4-5-18(23)19(24)9-15)13-17(20)22(30)28(14-21(26)29)12-16-3-2-7-25-10-16/h2-5,7,9-10,17,20H,6,8,11-14H2,1H3/t17-,20+/m0/s1. The number of benzene rings is 1. The van der Waals surface area contributed by atoms with Crippen molar-refractivity contribution in [3.63, 3.8) is 0 Å². The summed E-state index contributed by atoms with van der Waals surface area (Å²) < 4.78 is 13.8. The molecule has 0 bridgehead atoms. The Bertz CT molecular complexity index is 942. The predicted octanol–water partition coefficient (Wildman–Crippen LogP) is 2.57. The van der Waals surface area contributed by atoms with Crippen LogP contribution in [-0.2, 0) is 22.7 Å². The minimum Gasteiger partial charge on any atom is -0.340 e. The van der Waals surface area contributed by atoms with Gasteiger partial charge in [0.25, 0.3) is 0 Å². The first kappa shape index (κ1) is 20.8. The third kappa shape index (κ3) is 4.32. The van der Waals surface area contributed by atoms with Gasteiger partial charge in [0.1, 0.15) is 12.4 Å². The SMILES string of the molecule is CN1C(=O)CN(Cc2cccnc2)C(=O)[C@H]2CN(Cc3ccc(Cl)c(F)c3)CC[C@H]21. The highest BCUT2D eigenvalue weighted by Crippen LogP contribution is 2.28. The van der Waals surface area contributed by atoms with Gasteiger partial charge < -0.3 is 9.80 Å². The molecule has 3 heterocycles. The number of hydrogen-bond donors (Lipinski definition) is 0. The van der Waals surface area contributed by atoms with Gasteiger partial charge in [0.05, 0.1) is 10.9 Å². The number of rotatable bonds is 4. The fourth-order valence-corrected chi connectivity index (χ4v) is 4.49. The van der Waals surface area contributed by atoms with Crippen LogP contribution in [0.2, 0.25) is 5.02 Å². The van der Waals surface area contributed by atoms with Crippen molar-refractivity contribution in [2.45, 2.75) is 25.6 Å². The van der Waals surface area contributed by atoms with Crippen LogP contribution in [0.4, 0.5) is 4.39 Å². The second kappa shape index (κ2) is 8.70. The van der Waals surface area contributed by atoms with Gasteiger partial charge in [-0.25, -0.2) is 4.39 Å². The number of carbonyl (C=O) groups excluding carboxylic acids is 2. The molecule has 8 heteroatoms. The largest absolute Gasteiger partial charge is 0.340 e. The van der Waals surface area contributed by atoms with Crippen LogP contribution in [0.3, 0.4) is 0 Å². The van der Waals surface area contributed by atoms with Crippen LogP contribution in [-0.4, -0.2) is 64.2 Å². The molecule has 0 spiro atoms. The van der Waals surface area contributed by atoms with Crippen molar-refractivity contribution in [1.82, 2.24) is 19.7 Å². The molecule has 158 valence electrons. The number of likely N-dealkylation sites (N-methyl/N-ethyl adjacent to an activating group) is 1. The van der Waals surface area contributed by atoms with E-state index in [1.165, 1.54) is 6.07 Å². The molecule has 2 saturated heterocycles. The lowest BCUT2D eigenvalue weighted by Gasteiger charge is -2.40. The molecule has 2 atom stereocenters. The van der Waals surface area contributed by atoms with Gasteiger partial charge >= 0.3 is 0 Å². The number of aromatic nitrogens is 1. The average Bonchev–Trinajstić information content (AvgIpc) is 2.83. The van der Waals surface area contributed by atoms with Crippen LogP contribution in [0.15, 0.2) is 42.7 Å². The predicted molar refractivity (Wildman–Crippen MR) is 111 cm³/mol. The van der Waals surface area contributed by atoms with E-state index < -0.39 is 5.82 Å². The second-order valence-corrected chi connectivity index (χ2v) is 8.41. The molecular weight excluding hydrogens is 407 g/mol. The number of fused-ring (bicyclic) bond motifs is 1. The Morgan fingerprint density at radius 3 is 2.77 bits per heavy atom. The van der Waals surface area contributed by atoms with Crippen molar-refractivity contribution < 1.29 is 14.0 Å². The number of pyridine rings is 1. The smallest absolute Gasteiger partial charge is 0.242 e. The molecule has 0 radical (unpaired) electrons. The molecule has 6 nitrogen and oxygen atoms in total. The quantitative estimate of drug-likeness (QED) is 0.748. The second-order valence-electron chi connectivity index (χ2n) is 8.01. The van der Waals surface area contributed by atoms with E-state index >= 15 is 0 Å². The minimum atomic E-state index is -0.442. The zero-order valence-corrected chi connectivity index (χ0v) is 17.6. The summed E-state index contributed by atoms with van der Waals surface area (Å²) in [6.45, 7) is 2.22. The summed E-state index contributed by atoms with van der Waals surface area (Å²) in [6.07, 6.45) is 4.10. The Kier molecular flexibility index (Phi) is 6.01. The van der Waals surface area contributed by atoms with Gasteiger partial charge in [-0.05, 0) is 35.7 Å². The molecule has 0 aliphatic carbocycles. The average molecular weight is 431 g/mol. The lowest BCUT2D eigenvalue weighted by molar-refractivity contribution is -0.138. The first-order chi connectivity index (χ1) is 14.4. The molecule has 0 N–H and O–H groups in total. The molecule has 2 amide bonds. The zero-order valence-electron chi connectivity index (χ0n) is 16.8. The number of piperidine rings is 1. The number of amides is 2. The highest BCUT2D eigenvalue weighted by atomic mass is 35.5. The number of carbonyl (C=O) groups is 2. The number of likely N-dealkylation sites (tertiary alicyclic amines) is 1. The van der Waals surface area contributed by atoms with Gasteiger partial charge in [0.15, 0.2) is 0 Å². The molecule has 1 aromatic heterocycles. The van der Waals surface area contributed by atoms with Crippen molar-refractivity contribution in [1.29, 1.82) is 0 Å². The Morgan fingerprint density at radius 1 is 1.20 bits per heavy atom. The van der Waals surface area contributed by atoms with E-state index in [1.54, 1.807) is 41.4 Å². The highest BCUT2D eigenvalue weighted by Gasteiger charge is 2.43. The van der Waals surface area contributed by atoms with Crippen molar-refractivity contribution in [2.75, 3.05) is 26.7 Å². The summed E-state index contributed by atoms with van der Waals surface area (Å²) in [5, 5.41) is 0.0996. The number of nitrogens with zero attached hydrogens (tertiary/aromatic N) is 4. The third-order valence-electron chi connectivity index (χ3n) is 5.99. The Morgan fingerprint density at radius 2 is 2.03 bits per heavy atom. The fraction of sp³-hybridized carbons (Fsp3) is 0.409. The van der Waals surface area contributed by atoms with Crippen molar-refractivity contribution in [3.8, 4) is 0 Å². The summed E-state index contributed by atoms with van der Waals surface area (Å²) in [6, 6.07) is 8.39. The van der Waals surface area contributed by atoms with Crippen molar-refractivity contribution in [2.24, 2.45) is 5.92 Å². The molecular formula is C22H24ClFN4O2. The van der Waals surface area contributed by atoms with E-state index in [-0.39, 0.29) is 35.3 Å². The Labute approximate surface area is 180 Å². The number of hydrogen-bond acceptors (Lipinski definition) is 4. The van der Waals surface area contributed by atoms with E-state index in [1.807, 2.05) is 12.1 Å². The lowest BCUT2D eigenvalue weighted by atomic mass is 9.90. The molecule has 4 rings (SSSR count). The van der Waals surface area contributed by atoms with E-state index in [2.05, 4.69) is 9.88 Å². The van der Waals surface area contributed by atoms with Gasteiger partial charge in [-0.2, -0.15) is 0 Å². The van der Waals surface area contributed by atoms with Crippen molar-refractivity contribution in [3.05, 3.63) is 64.7 Å². The first-order valence-electron chi connectivity index (χ1n) is 10.0. The summed E-state index contributed by atoms with van der Waals surface area (Å²) >= 11 is 5.78. The van der Waals surface area contributed by atoms with Gasteiger partial charge in [0.2, 0.25) is 11.8 Å². The topological polar surface area (TPSA) is 56.8 Å². The van der Waals surface area contributed by atoms with Crippen LogP contribution in [0.1, 0.15) is 17.5 Å². The van der Waals surface area contributed by atoms with Gasteiger partial charge in [-0.1, -0.05) is 23.7 Å². The van der Waals surface area contributed by atoms with Crippen LogP contribution >= 0.6 is 11.6 Å². The first-order valence-corrected chi connectivity index (χ1v) is 10.4. The summed E-state index contributed by atoms with van der Waals surface area (Å²) in [5.74, 6) is -0.826. The Hall–Kier alpha value is -2.51. The normalized spacial score (nSPS) is 22.8. The van der Waals surface area contributed by atoms with Crippen LogP contribution < -0.4 is 0 Å². The number of halogens is 2.